The first-order valence-corrected chi connectivity index (χ1v) is 47.0. The molecule has 104 heavy (non-hydrogen) atoms. The molecule has 0 heterocycles. The van der Waals surface area contributed by atoms with E-state index in [0.29, 0.717) is 25.7 Å². The molecule has 3 N–H and O–H groups in total. The summed E-state index contributed by atoms with van der Waals surface area (Å²) in [5, 5.41) is 10.7. The molecule has 0 aromatic heterocycles. The third-order valence-corrected chi connectivity index (χ3v) is 22.2. The molecule has 17 nitrogen and oxygen atoms in total. The van der Waals surface area contributed by atoms with Crippen LogP contribution in [0.25, 0.3) is 0 Å². The van der Waals surface area contributed by atoms with Gasteiger partial charge in [0.15, 0.2) is 12.2 Å². The van der Waals surface area contributed by atoms with Gasteiger partial charge in [-0.15, -0.1) is 0 Å². The number of unbranched alkanes of at least 4 members (excludes halogenated alkanes) is 53. The Bertz CT molecular complexity index is 2000. The van der Waals surface area contributed by atoms with Crippen molar-refractivity contribution in [3.8, 4) is 0 Å². The highest BCUT2D eigenvalue weighted by atomic mass is 31.2. The third kappa shape index (κ3) is 76.8. The molecule has 0 aliphatic carbocycles. The molecule has 0 aliphatic heterocycles. The average molecular weight is 1520 g/mol. The van der Waals surface area contributed by atoms with Crippen molar-refractivity contribution in [3.05, 3.63) is 0 Å². The van der Waals surface area contributed by atoms with Crippen LogP contribution in [0, 0.1) is 11.8 Å². The van der Waals surface area contributed by atoms with E-state index in [4.69, 9.17) is 37.0 Å². The van der Waals surface area contributed by atoms with Gasteiger partial charge < -0.3 is 33.8 Å². The molecule has 19 heteroatoms. The highest BCUT2D eigenvalue weighted by Gasteiger charge is 2.30. The largest absolute Gasteiger partial charge is 0.472 e. The SMILES string of the molecule is CCCCCCCCCCCCCCCCCCCC(=O)O[C@H](COC(=O)CCCCCCCCCCCCCC)COP(=O)(O)OC[C@H](O)COP(=O)(O)OC[C@@H](COC(=O)CCCCCCCCCCCCCCCCC(C)C)OC(=O)CCCCCCCCCCCCCCCCC(C)CC. The maximum absolute atomic E-state index is 13.1. The van der Waals surface area contributed by atoms with Crippen molar-refractivity contribution in [1.29, 1.82) is 0 Å². The summed E-state index contributed by atoms with van der Waals surface area (Å²) in [5.41, 5.74) is 0. The Hall–Kier alpha value is -1.94. The Morgan fingerprint density at radius 2 is 0.490 bits per heavy atom. The number of phosphoric acid groups is 2. The lowest BCUT2D eigenvalue weighted by Crippen LogP contribution is -2.30. The third-order valence-electron chi connectivity index (χ3n) is 20.3. The fourth-order valence-corrected chi connectivity index (χ4v) is 14.8. The highest BCUT2D eigenvalue weighted by molar-refractivity contribution is 7.47. The number of phosphoric ester groups is 2. The summed E-state index contributed by atoms with van der Waals surface area (Å²) in [4.78, 5) is 73.2. The van der Waals surface area contributed by atoms with Crippen molar-refractivity contribution in [3.63, 3.8) is 0 Å². The Labute approximate surface area is 638 Å². The average Bonchev–Trinajstić information content (AvgIpc) is 0.904. The first-order chi connectivity index (χ1) is 50.4. The number of esters is 4. The van der Waals surface area contributed by atoms with E-state index in [-0.39, 0.29) is 25.7 Å². The minimum atomic E-state index is -4.97. The van der Waals surface area contributed by atoms with Crippen LogP contribution in [0.3, 0.4) is 0 Å². The predicted octanol–water partition coefficient (Wildman–Crippen LogP) is 25.8. The molecule has 6 atom stereocenters. The molecular weight excluding hydrogens is 1350 g/mol. The van der Waals surface area contributed by atoms with Crippen LogP contribution in [0.1, 0.15) is 452 Å². The molecule has 618 valence electrons. The summed E-state index contributed by atoms with van der Waals surface area (Å²) in [6.45, 7) is 9.75. The van der Waals surface area contributed by atoms with Gasteiger partial charge >= 0.3 is 39.5 Å². The minimum Gasteiger partial charge on any atom is -0.462 e. The summed E-state index contributed by atoms with van der Waals surface area (Å²) in [6, 6.07) is 0. The van der Waals surface area contributed by atoms with Gasteiger partial charge in [-0.3, -0.25) is 37.3 Å². The molecule has 0 amide bonds. The van der Waals surface area contributed by atoms with Crippen LogP contribution in [-0.2, 0) is 65.4 Å². The number of carbonyl (C=O) groups excluding carboxylic acids is 4. The summed E-state index contributed by atoms with van der Waals surface area (Å²) in [6.07, 6.45) is 67.8. The number of hydrogen-bond donors (Lipinski definition) is 3. The van der Waals surface area contributed by atoms with E-state index in [2.05, 4.69) is 41.5 Å². The molecule has 3 unspecified atom stereocenters. The normalized spacial score (nSPS) is 14.1. The fourth-order valence-electron chi connectivity index (χ4n) is 13.2. The standard InChI is InChI=1S/C85H166O17P2/c1-7-10-12-14-16-18-20-22-23-24-25-33-39-45-51-57-63-69-84(89)101-80(73-95-82(87)67-61-55-49-43-37-21-19-17-15-13-11-8-2)75-99-103(91,92)97-71-79(86)72-98-104(93,94)100-76-81(74-96-83(88)68-62-56-50-44-38-32-28-26-30-35-41-47-53-59-65-77(4)5)102-85(90)70-64-58-52-46-40-34-29-27-31-36-42-48-54-60-66-78(6)9-3/h77-81,86H,7-76H2,1-6H3,(H,91,92)(H,93,94)/t78?,79-,80+,81+/m0/s1. The van der Waals surface area contributed by atoms with Crippen LogP contribution >= 0.6 is 15.6 Å². The van der Waals surface area contributed by atoms with E-state index in [1.165, 1.54) is 270 Å². The monoisotopic (exact) mass is 1520 g/mol. The van der Waals surface area contributed by atoms with Crippen LogP contribution in [0.4, 0.5) is 0 Å². The molecule has 0 rings (SSSR count). The summed E-state index contributed by atoms with van der Waals surface area (Å²) in [5.74, 6) is -0.455. The lowest BCUT2D eigenvalue weighted by atomic mass is 9.99. The van der Waals surface area contributed by atoms with Gasteiger partial charge in [0.1, 0.15) is 19.3 Å². The van der Waals surface area contributed by atoms with E-state index in [0.717, 1.165) is 102 Å². The topological polar surface area (TPSA) is 237 Å². The van der Waals surface area contributed by atoms with Crippen molar-refractivity contribution in [2.45, 2.75) is 471 Å². The van der Waals surface area contributed by atoms with Gasteiger partial charge in [0.25, 0.3) is 0 Å². The predicted molar refractivity (Wildman–Crippen MR) is 428 cm³/mol. The maximum Gasteiger partial charge on any atom is 0.472 e. The van der Waals surface area contributed by atoms with Crippen LogP contribution in [0.15, 0.2) is 0 Å². The molecule has 0 radical (unpaired) electrons. The second-order valence-electron chi connectivity index (χ2n) is 31.3. The first kappa shape index (κ1) is 102. The maximum atomic E-state index is 13.1. The quantitative estimate of drug-likeness (QED) is 0.0222. The number of rotatable bonds is 84. The van der Waals surface area contributed by atoms with Crippen molar-refractivity contribution >= 4 is 39.5 Å². The zero-order valence-electron chi connectivity index (χ0n) is 68.3. The summed E-state index contributed by atoms with van der Waals surface area (Å²) >= 11 is 0. The Morgan fingerprint density at radius 1 is 0.279 bits per heavy atom. The van der Waals surface area contributed by atoms with Crippen molar-refractivity contribution in [1.82, 2.24) is 0 Å². The van der Waals surface area contributed by atoms with E-state index >= 15 is 0 Å². The molecule has 0 saturated heterocycles. The number of hydrogen-bond acceptors (Lipinski definition) is 15. The molecule has 0 bridgehead atoms. The summed E-state index contributed by atoms with van der Waals surface area (Å²) in [7, 11) is -9.93. The number of aliphatic hydroxyl groups is 1. The molecule has 0 aliphatic rings. The van der Waals surface area contributed by atoms with Gasteiger partial charge in [0, 0.05) is 25.7 Å². The van der Waals surface area contributed by atoms with Gasteiger partial charge in [-0.25, -0.2) is 9.13 Å². The van der Waals surface area contributed by atoms with E-state index in [1.807, 2.05) is 0 Å². The second-order valence-corrected chi connectivity index (χ2v) is 34.2. The number of aliphatic hydroxyl groups excluding tert-OH is 1. The van der Waals surface area contributed by atoms with Crippen LogP contribution in [0.2, 0.25) is 0 Å². The lowest BCUT2D eigenvalue weighted by Gasteiger charge is -2.21. The molecule has 0 aromatic rings. The smallest absolute Gasteiger partial charge is 0.462 e. The zero-order valence-corrected chi connectivity index (χ0v) is 70.1. The van der Waals surface area contributed by atoms with Crippen LogP contribution in [-0.4, -0.2) is 96.7 Å². The first-order valence-electron chi connectivity index (χ1n) is 44.0. The lowest BCUT2D eigenvalue weighted by molar-refractivity contribution is -0.161. The van der Waals surface area contributed by atoms with Crippen molar-refractivity contribution in [2.75, 3.05) is 39.6 Å². The second kappa shape index (κ2) is 76.4. The Kier molecular flexibility index (Phi) is 75.0. The van der Waals surface area contributed by atoms with Gasteiger partial charge in [0.05, 0.1) is 26.4 Å². The van der Waals surface area contributed by atoms with E-state index in [1.54, 1.807) is 0 Å². The molecule has 0 saturated carbocycles. The van der Waals surface area contributed by atoms with Crippen molar-refractivity contribution in [2.24, 2.45) is 11.8 Å². The minimum absolute atomic E-state index is 0.108. The van der Waals surface area contributed by atoms with E-state index in [9.17, 15) is 43.2 Å². The number of carbonyl (C=O) groups is 4. The Morgan fingerprint density at radius 3 is 0.731 bits per heavy atom. The van der Waals surface area contributed by atoms with Gasteiger partial charge in [0.2, 0.25) is 0 Å². The van der Waals surface area contributed by atoms with Gasteiger partial charge in [-0.05, 0) is 37.5 Å². The highest BCUT2D eigenvalue weighted by Crippen LogP contribution is 2.45. The van der Waals surface area contributed by atoms with Crippen LogP contribution < -0.4 is 0 Å². The summed E-state index contributed by atoms with van der Waals surface area (Å²) < 4.78 is 68.9. The molecule has 0 spiro atoms. The van der Waals surface area contributed by atoms with Crippen molar-refractivity contribution < 1.29 is 80.2 Å². The fraction of sp³-hybridized carbons (Fsp3) is 0.953. The van der Waals surface area contributed by atoms with Crippen LogP contribution in [0.5, 0.6) is 0 Å². The zero-order chi connectivity index (χ0) is 76.4. The van der Waals surface area contributed by atoms with E-state index < -0.39 is 97.5 Å². The van der Waals surface area contributed by atoms with Gasteiger partial charge in [-0.1, -0.05) is 401 Å². The molecule has 0 aromatic carbocycles. The number of ether oxygens (including phenoxy) is 4. The molecule has 0 fully saturated rings. The van der Waals surface area contributed by atoms with Gasteiger partial charge in [-0.2, -0.15) is 0 Å². The molecular formula is C85H166O17P2. The Balaban J connectivity index is 5.26.